The van der Waals surface area contributed by atoms with Crippen molar-refractivity contribution in [1.82, 2.24) is 0 Å². The zero-order valence-corrected chi connectivity index (χ0v) is 18.6. The first-order valence-corrected chi connectivity index (χ1v) is 10.5. The van der Waals surface area contributed by atoms with Gasteiger partial charge >= 0.3 is 0 Å². The predicted octanol–water partition coefficient (Wildman–Crippen LogP) is 4.50. The van der Waals surface area contributed by atoms with E-state index in [1.807, 2.05) is 19.1 Å². The Balaban J connectivity index is 1.89. The van der Waals surface area contributed by atoms with E-state index in [0.29, 0.717) is 40.8 Å². The first kappa shape index (κ1) is 22.0. The molecule has 7 nitrogen and oxygen atoms in total. The number of ether oxygens (including phenoxy) is 3. The van der Waals surface area contributed by atoms with Crippen LogP contribution in [-0.2, 0) is 9.59 Å². The molecular formula is C26H24N2O5. The van der Waals surface area contributed by atoms with Crippen molar-refractivity contribution in [2.75, 3.05) is 31.0 Å². The molecule has 1 aliphatic rings. The lowest BCUT2D eigenvalue weighted by Gasteiger charge is -2.18. The van der Waals surface area contributed by atoms with Crippen LogP contribution in [0.2, 0.25) is 0 Å². The Morgan fingerprint density at radius 2 is 1.36 bits per heavy atom. The Kier molecular flexibility index (Phi) is 6.31. The fourth-order valence-electron chi connectivity index (χ4n) is 3.77. The van der Waals surface area contributed by atoms with Crippen molar-refractivity contribution in [3.63, 3.8) is 0 Å². The van der Waals surface area contributed by atoms with Crippen LogP contribution in [0.25, 0.3) is 5.57 Å². The summed E-state index contributed by atoms with van der Waals surface area (Å²) in [4.78, 5) is 28.5. The van der Waals surface area contributed by atoms with Gasteiger partial charge in [0.05, 0.1) is 37.8 Å². The third-order valence-electron chi connectivity index (χ3n) is 5.23. The number of hydrogen-bond donors (Lipinski definition) is 1. The normalized spacial score (nSPS) is 13.4. The number of nitrogens with one attached hydrogen (secondary N) is 1. The van der Waals surface area contributed by atoms with E-state index in [4.69, 9.17) is 14.2 Å². The second kappa shape index (κ2) is 9.48. The Morgan fingerprint density at radius 3 is 2.06 bits per heavy atom. The summed E-state index contributed by atoms with van der Waals surface area (Å²) >= 11 is 0. The Hall–Kier alpha value is -4.26. The molecule has 1 aliphatic heterocycles. The summed E-state index contributed by atoms with van der Waals surface area (Å²) in [5.74, 6) is 0.479. The van der Waals surface area contributed by atoms with Gasteiger partial charge in [-0.25, -0.2) is 4.90 Å². The molecule has 0 saturated heterocycles. The van der Waals surface area contributed by atoms with Crippen LogP contribution in [-0.4, -0.2) is 32.6 Å². The summed E-state index contributed by atoms with van der Waals surface area (Å²) in [5, 5.41) is 3.16. The molecule has 4 rings (SSSR count). The van der Waals surface area contributed by atoms with Crippen LogP contribution in [0.15, 0.2) is 78.5 Å². The third-order valence-corrected chi connectivity index (χ3v) is 5.23. The van der Waals surface area contributed by atoms with Crippen molar-refractivity contribution >= 4 is 28.8 Å². The lowest BCUT2D eigenvalue weighted by atomic mass is 10.0. The molecule has 3 aromatic rings. The molecular weight excluding hydrogens is 420 g/mol. The van der Waals surface area contributed by atoms with Gasteiger partial charge in [-0.3, -0.25) is 9.59 Å². The maximum absolute atomic E-state index is 13.7. The molecule has 0 radical (unpaired) electrons. The van der Waals surface area contributed by atoms with E-state index in [9.17, 15) is 9.59 Å². The van der Waals surface area contributed by atoms with Gasteiger partial charge in [-0.05, 0) is 37.3 Å². The van der Waals surface area contributed by atoms with Gasteiger partial charge in [0.1, 0.15) is 22.9 Å². The van der Waals surface area contributed by atoms with Gasteiger partial charge in [0, 0.05) is 5.56 Å². The van der Waals surface area contributed by atoms with Gasteiger partial charge < -0.3 is 19.5 Å². The van der Waals surface area contributed by atoms with Gasteiger partial charge in [0.25, 0.3) is 11.8 Å². The number of amides is 2. The van der Waals surface area contributed by atoms with E-state index in [1.54, 1.807) is 60.7 Å². The van der Waals surface area contributed by atoms with Crippen molar-refractivity contribution in [2.45, 2.75) is 6.92 Å². The number of anilines is 2. The van der Waals surface area contributed by atoms with Crippen molar-refractivity contribution in [1.29, 1.82) is 0 Å². The number of para-hydroxylation sites is 5. The first-order chi connectivity index (χ1) is 16.1. The average molecular weight is 444 g/mol. The van der Waals surface area contributed by atoms with Crippen LogP contribution >= 0.6 is 0 Å². The number of hydrogen-bond acceptors (Lipinski definition) is 6. The zero-order chi connectivity index (χ0) is 23.4. The molecule has 0 fully saturated rings. The highest BCUT2D eigenvalue weighted by Crippen LogP contribution is 2.40. The van der Waals surface area contributed by atoms with Gasteiger partial charge in [0.15, 0.2) is 0 Å². The van der Waals surface area contributed by atoms with Gasteiger partial charge in [-0.1, -0.05) is 42.5 Å². The molecule has 168 valence electrons. The molecule has 1 heterocycles. The highest BCUT2D eigenvalue weighted by molar-refractivity contribution is 6.46. The van der Waals surface area contributed by atoms with Crippen molar-refractivity contribution in [2.24, 2.45) is 0 Å². The summed E-state index contributed by atoms with van der Waals surface area (Å²) in [6, 6.07) is 21.3. The summed E-state index contributed by atoms with van der Waals surface area (Å²) in [6.45, 7) is 2.33. The number of carbonyl (C=O) groups excluding carboxylic acids is 2. The molecule has 2 amide bonds. The maximum atomic E-state index is 13.7. The monoisotopic (exact) mass is 444 g/mol. The Bertz CT molecular complexity index is 1230. The minimum atomic E-state index is -0.503. The number of carbonyl (C=O) groups is 2. The highest BCUT2D eigenvalue weighted by Gasteiger charge is 2.42. The minimum absolute atomic E-state index is 0.127. The number of benzene rings is 3. The standard InChI is InChI=1S/C26H24N2O5/c1-4-33-21-15-9-6-12-18(21)27-24-23(17-11-5-8-14-20(17)31-2)25(29)28(26(24)30)19-13-7-10-16-22(19)32-3/h5-16,27H,4H2,1-3H3. The molecule has 33 heavy (non-hydrogen) atoms. The summed E-state index contributed by atoms with van der Waals surface area (Å²) in [6.07, 6.45) is 0. The van der Waals surface area contributed by atoms with Gasteiger partial charge in [-0.15, -0.1) is 0 Å². The van der Waals surface area contributed by atoms with E-state index in [-0.39, 0.29) is 11.3 Å². The molecule has 0 atom stereocenters. The van der Waals surface area contributed by atoms with Crippen molar-refractivity contribution in [3.05, 3.63) is 84.1 Å². The van der Waals surface area contributed by atoms with Crippen LogP contribution in [0, 0.1) is 0 Å². The SMILES string of the molecule is CCOc1ccccc1NC1=C(c2ccccc2OC)C(=O)N(c2ccccc2OC)C1=O. The zero-order valence-electron chi connectivity index (χ0n) is 18.6. The number of nitrogens with zero attached hydrogens (tertiary/aromatic N) is 1. The van der Waals surface area contributed by atoms with Crippen molar-refractivity contribution in [3.8, 4) is 17.2 Å². The van der Waals surface area contributed by atoms with Crippen LogP contribution in [0.4, 0.5) is 11.4 Å². The van der Waals surface area contributed by atoms with Crippen LogP contribution < -0.4 is 24.4 Å². The third kappa shape index (κ3) is 4.01. The molecule has 0 saturated carbocycles. The predicted molar refractivity (Wildman–Crippen MR) is 127 cm³/mol. The fraction of sp³-hybridized carbons (Fsp3) is 0.154. The van der Waals surface area contributed by atoms with E-state index in [2.05, 4.69) is 5.32 Å². The number of methoxy groups -OCH3 is 2. The molecule has 1 N–H and O–H groups in total. The smallest absolute Gasteiger partial charge is 0.282 e. The summed E-state index contributed by atoms with van der Waals surface area (Å²) in [7, 11) is 3.02. The first-order valence-electron chi connectivity index (χ1n) is 10.5. The van der Waals surface area contributed by atoms with E-state index >= 15 is 0 Å². The second-order valence-corrected chi connectivity index (χ2v) is 7.12. The molecule has 0 bridgehead atoms. The van der Waals surface area contributed by atoms with Crippen LogP contribution in [0.3, 0.4) is 0 Å². The molecule has 0 aliphatic carbocycles. The molecule has 0 aromatic heterocycles. The van der Waals surface area contributed by atoms with E-state index < -0.39 is 11.8 Å². The number of rotatable bonds is 8. The van der Waals surface area contributed by atoms with Crippen LogP contribution in [0.5, 0.6) is 17.2 Å². The molecule has 3 aromatic carbocycles. The van der Waals surface area contributed by atoms with E-state index in [1.165, 1.54) is 14.2 Å². The fourth-order valence-corrected chi connectivity index (χ4v) is 3.77. The summed E-state index contributed by atoms with van der Waals surface area (Å²) in [5.41, 5.74) is 1.77. The topological polar surface area (TPSA) is 77.1 Å². The number of imide groups is 1. The largest absolute Gasteiger partial charge is 0.496 e. The molecule has 0 spiro atoms. The lowest BCUT2D eigenvalue weighted by Crippen LogP contribution is -2.32. The average Bonchev–Trinajstić information content (AvgIpc) is 3.09. The lowest BCUT2D eigenvalue weighted by molar-refractivity contribution is -0.120. The quantitative estimate of drug-likeness (QED) is 0.516. The Morgan fingerprint density at radius 1 is 0.758 bits per heavy atom. The highest BCUT2D eigenvalue weighted by atomic mass is 16.5. The minimum Gasteiger partial charge on any atom is -0.496 e. The van der Waals surface area contributed by atoms with Crippen LogP contribution in [0.1, 0.15) is 12.5 Å². The van der Waals surface area contributed by atoms with Gasteiger partial charge in [-0.2, -0.15) is 0 Å². The second-order valence-electron chi connectivity index (χ2n) is 7.12. The Labute approximate surface area is 192 Å². The van der Waals surface area contributed by atoms with E-state index in [0.717, 1.165) is 4.90 Å². The summed E-state index contributed by atoms with van der Waals surface area (Å²) < 4.78 is 16.6. The van der Waals surface area contributed by atoms with Gasteiger partial charge in [0.2, 0.25) is 0 Å². The maximum Gasteiger partial charge on any atom is 0.282 e. The molecule has 0 unspecified atom stereocenters. The molecule has 7 heteroatoms. The van der Waals surface area contributed by atoms with Crippen molar-refractivity contribution < 1.29 is 23.8 Å².